The zero-order valence-electron chi connectivity index (χ0n) is 13.8. The minimum atomic E-state index is -1.14. The number of carbonyl (C=O) groups is 3. The highest BCUT2D eigenvalue weighted by Gasteiger charge is 2.42. The summed E-state index contributed by atoms with van der Waals surface area (Å²) in [4.78, 5) is 38.8. The molecule has 2 atom stereocenters. The van der Waals surface area contributed by atoms with Crippen molar-refractivity contribution in [3.8, 4) is 0 Å². The van der Waals surface area contributed by atoms with Gasteiger partial charge in [0.05, 0.1) is 24.8 Å². The summed E-state index contributed by atoms with van der Waals surface area (Å²) in [6, 6.07) is 3.50. The molecule has 0 radical (unpaired) electrons. The number of carboxylic acids is 1. The van der Waals surface area contributed by atoms with E-state index in [1.54, 1.807) is 13.0 Å². The van der Waals surface area contributed by atoms with E-state index in [1.165, 1.54) is 21.9 Å². The Kier molecular flexibility index (Phi) is 4.71. The average molecular weight is 350 g/mol. The van der Waals surface area contributed by atoms with E-state index in [2.05, 4.69) is 0 Å². The predicted octanol–water partition coefficient (Wildman–Crippen LogP) is 0.799. The van der Waals surface area contributed by atoms with Crippen molar-refractivity contribution in [3.05, 3.63) is 29.6 Å². The molecule has 2 fully saturated rings. The highest BCUT2D eigenvalue weighted by Crippen LogP contribution is 2.29. The summed E-state index contributed by atoms with van der Waals surface area (Å²) in [6.45, 7) is 2.14. The van der Waals surface area contributed by atoms with Crippen molar-refractivity contribution in [2.45, 2.75) is 19.4 Å². The molecule has 0 aliphatic carbocycles. The Morgan fingerprint density at radius 2 is 2.12 bits per heavy atom. The van der Waals surface area contributed by atoms with Crippen LogP contribution in [0, 0.1) is 18.7 Å². The summed E-state index contributed by atoms with van der Waals surface area (Å²) in [5.41, 5.74) is 0.876. The predicted molar refractivity (Wildman–Crippen MR) is 85.6 cm³/mol. The van der Waals surface area contributed by atoms with Gasteiger partial charge in [-0.25, -0.2) is 9.18 Å². The number of anilines is 1. The summed E-state index contributed by atoms with van der Waals surface area (Å²) >= 11 is 0. The van der Waals surface area contributed by atoms with E-state index in [-0.39, 0.29) is 44.3 Å². The minimum Gasteiger partial charge on any atom is -0.480 e. The van der Waals surface area contributed by atoms with Gasteiger partial charge in [-0.15, -0.1) is 0 Å². The summed E-state index contributed by atoms with van der Waals surface area (Å²) in [5, 5.41) is 9.24. The van der Waals surface area contributed by atoms with E-state index in [4.69, 9.17) is 4.74 Å². The van der Waals surface area contributed by atoms with E-state index < -0.39 is 29.7 Å². The molecule has 1 N–H and O–H groups in total. The lowest BCUT2D eigenvalue weighted by atomic mass is 10.1. The van der Waals surface area contributed by atoms with Crippen LogP contribution in [-0.4, -0.2) is 60.1 Å². The first-order valence-corrected chi connectivity index (χ1v) is 8.06. The molecule has 0 aromatic heterocycles. The number of halogens is 1. The number of ether oxygens (including phenoxy) is 1. The quantitative estimate of drug-likeness (QED) is 0.871. The molecule has 134 valence electrons. The molecule has 0 unspecified atom stereocenters. The highest BCUT2D eigenvalue weighted by molar-refractivity contribution is 6.01. The van der Waals surface area contributed by atoms with Gasteiger partial charge in [0, 0.05) is 19.5 Å². The van der Waals surface area contributed by atoms with Gasteiger partial charge in [-0.05, 0) is 24.6 Å². The van der Waals surface area contributed by atoms with Crippen molar-refractivity contribution in [2.75, 3.05) is 31.2 Å². The lowest BCUT2D eigenvalue weighted by molar-refractivity contribution is -0.160. The number of hydrogen-bond donors (Lipinski definition) is 1. The van der Waals surface area contributed by atoms with Gasteiger partial charge < -0.3 is 19.6 Å². The standard InChI is InChI=1S/C17H19FN2O5/c1-10-2-3-13(12(18)6-10)20-8-11(7-15(20)21)16(22)19-4-5-25-9-14(19)17(23)24/h2-3,6,11,14H,4-5,7-9H2,1H3,(H,23,24)/t11-,14-/m0/s1. The maximum absolute atomic E-state index is 14.1. The number of carbonyl (C=O) groups excluding carboxylic acids is 2. The van der Waals surface area contributed by atoms with Crippen LogP contribution in [0.15, 0.2) is 18.2 Å². The molecule has 1 aromatic carbocycles. The molecule has 0 saturated carbocycles. The van der Waals surface area contributed by atoms with Crippen LogP contribution in [0.5, 0.6) is 0 Å². The van der Waals surface area contributed by atoms with E-state index in [1.807, 2.05) is 0 Å². The van der Waals surface area contributed by atoms with Gasteiger partial charge in [0.2, 0.25) is 11.8 Å². The SMILES string of the molecule is Cc1ccc(N2C[C@@H](C(=O)N3CCOC[C@H]3C(=O)O)CC2=O)c(F)c1. The fourth-order valence-electron chi connectivity index (χ4n) is 3.24. The second-order valence-electron chi connectivity index (χ2n) is 6.32. The molecule has 7 nitrogen and oxygen atoms in total. The van der Waals surface area contributed by atoms with Crippen molar-refractivity contribution < 1.29 is 28.6 Å². The number of carboxylic acid groups (broad SMARTS) is 1. The third-order valence-electron chi connectivity index (χ3n) is 4.56. The number of nitrogens with zero attached hydrogens (tertiary/aromatic N) is 2. The molecule has 3 rings (SSSR count). The number of aliphatic carboxylic acids is 1. The minimum absolute atomic E-state index is 0.0430. The Hall–Kier alpha value is -2.48. The third kappa shape index (κ3) is 3.34. The monoisotopic (exact) mass is 350 g/mol. The molecule has 2 heterocycles. The number of rotatable bonds is 3. The molecule has 25 heavy (non-hydrogen) atoms. The molecule has 2 aliphatic rings. The molecule has 0 bridgehead atoms. The first kappa shape index (κ1) is 17.3. The van der Waals surface area contributed by atoms with Gasteiger partial charge in [-0.1, -0.05) is 6.07 Å². The van der Waals surface area contributed by atoms with Gasteiger partial charge in [0.1, 0.15) is 5.82 Å². The van der Waals surface area contributed by atoms with E-state index >= 15 is 0 Å². The van der Waals surface area contributed by atoms with Gasteiger partial charge in [-0.2, -0.15) is 0 Å². The Bertz CT molecular complexity index is 723. The van der Waals surface area contributed by atoms with E-state index in [9.17, 15) is 23.9 Å². The van der Waals surface area contributed by atoms with Crippen molar-refractivity contribution in [1.29, 1.82) is 0 Å². The molecule has 2 aliphatic heterocycles. The van der Waals surface area contributed by atoms with Gasteiger partial charge in [0.25, 0.3) is 0 Å². The van der Waals surface area contributed by atoms with E-state index in [0.717, 1.165) is 5.56 Å². The largest absolute Gasteiger partial charge is 0.480 e. The number of amides is 2. The van der Waals surface area contributed by atoms with Crippen LogP contribution in [0.4, 0.5) is 10.1 Å². The molecule has 2 saturated heterocycles. The van der Waals surface area contributed by atoms with Gasteiger partial charge in [0.15, 0.2) is 6.04 Å². The van der Waals surface area contributed by atoms with Crippen LogP contribution in [-0.2, 0) is 19.1 Å². The summed E-state index contributed by atoms with van der Waals surface area (Å²) in [6.07, 6.45) is -0.0597. The average Bonchev–Trinajstić information content (AvgIpc) is 2.96. The maximum atomic E-state index is 14.1. The zero-order valence-corrected chi connectivity index (χ0v) is 13.8. The van der Waals surface area contributed by atoms with Gasteiger partial charge in [-0.3, -0.25) is 9.59 Å². The summed E-state index contributed by atoms with van der Waals surface area (Å²) < 4.78 is 19.3. The van der Waals surface area contributed by atoms with Crippen LogP contribution in [0.2, 0.25) is 0 Å². The fraction of sp³-hybridized carbons (Fsp3) is 0.471. The van der Waals surface area contributed by atoms with Crippen LogP contribution in [0.25, 0.3) is 0 Å². The molecular formula is C17H19FN2O5. The second-order valence-corrected chi connectivity index (χ2v) is 6.32. The first-order valence-electron chi connectivity index (χ1n) is 8.06. The molecule has 0 spiro atoms. The smallest absolute Gasteiger partial charge is 0.328 e. The summed E-state index contributed by atoms with van der Waals surface area (Å²) in [5.74, 6) is -3.09. The lowest BCUT2D eigenvalue weighted by Crippen LogP contribution is -2.54. The molecule has 8 heteroatoms. The van der Waals surface area contributed by atoms with Crippen molar-refractivity contribution in [1.82, 2.24) is 4.90 Å². The molecular weight excluding hydrogens is 331 g/mol. The number of morpholine rings is 1. The first-order chi connectivity index (χ1) is 11.9. The lowest BCUT2D eigenvalue weighted by Gasteiger charge is -2.34. The van der Waals surface area contributed by atoms with E-state index in [0.29, 0.717) is 0 Å². The Balaban J connectivity index is 1.77. The van der Waals surface area contributed by atoms with Crippen molar-refractivity contribution >= 4 is 23.5 Å². The normalized spacial score (nSPS) is 23.8. The number of aryl methyl sites for hydroxylation is 1. The number of benzene rings is 1. The topological polar surface area (TPSA) is 87.2 Å². The fourth-order valence-corrected chi connectivity index (χ4v) is 3.24. The van der Waals surface area contributed by atoms with Crippen molar-refractivity contribution in [2.24, 2.45) is 5.92 Å². The van der Waals surface area contributed by atoms with Crippen molar-refractivity contribution in [3.63, 3.8) is 0 Å². The number of hydrogen-bond acceptors (Lipinski definition) is 4. The maximum Gasteiger partial charge on any atom is 0.328 e. The van der Waals surface area contributed by atoms with Crippen LogP contribution in [0.1, 0.15) is 12.0 Å². The summed E-state index contributed by atoms with van der Waals surface area (Å²) in [7, 11) is 0. The zero-order chi connectivity index (χ0) is 18.1. The highest BCUT2D eigenvalue weighted by atomic mass is 19.1. The van der Waals surface area contributed by atoms with Crippen LogP contribution < -0.4 is 4.90 Å². The Morgan fingerprint density at radius 1 is 1.36 bits per heavy atom. The third-order valence-corrected chi connectivity index (χ3v) is 4.56. The van der Waals surface area contributed by atoms with Gasteiger partial charge >= 0.3 is 5.97 Å². The molecule has 1 aromatic rings. The Morgan fingerprint density at radius 3 is 2.80 bits per heavy atom. The van der Waals surface area contributed by atoms with Crippen LogP contribution >= 0.6 is 0 Å². The molecule has 2 amide bonds. The second kappa shape index (κ2) is 6.79. The van der Waals surface area contributed by atoms with Crippen LogP contribution in [0.3, 0.4) is 0 Å². The Labute approximate surface area is 144 Å².